The van der Waals surface area contributed by atoms with E-state index in [1.165, 1.54) is 32.2 Å². The second kappa shape index (κ2) is 9.79. The van der Waals surface area contributed by atoms with Gasteiger partial charge >= 0.3 is 6.03 Å². The Kier molecular flexibility index (Phi) is 7.43. The topological polar surface area (TPSA) is 132 Å². The number of carbonyl (C=O) groups excluding carboxylic acids is 2. The number of anilines is 1. The quantitative estimate of drug-likeness (QED) is 0.469. The highest BCUT2D eigenvalue weighted by Gasteiger charge is 2.17. The van der Waals surface area contributed by atoms with Crippen molar-refractivity contribution in [3.8, 4) is 11.5 Å². The summed E-state index contributed by atoms with van der Waals surface area (Å²) in [7, 11) is 1.31. The first kappa shape index (κ1) is 22.8. The number of halogens is 1. The molecule has 0 aliphatic carbocycles. The van der Waals surface area contributed by atoms with Crippen LogP contribution in [0, 0.1) is 24.0 Å². The van der Waals surface area contributed by atoms with Crippen molar-refractivity contribution in [2.75, 3.05) is 12.4 Å². The van der Waals surface area contributed by atoms with Gasteiger partial charge in [-0.1, -0.05) is 11.6 Å². The maximum absolute atomic E-state index is 12.2. The van der Waals surface area contributed by atoms with Crippen LogP contribution in [0.25, 0.3) is 0 Å². The van der Waals surface area contributed by atoms with E-state index >= 15 is 0 Å². The van der Waals surface area contributed by atoms with Crippen LogP contribution in [0.5, 0.6) is 11.5 Å². The molecule has 10 nitrogen and oxygen atoms in total. The number of ether oxygens (including phenoxy) is 2. The van der Waals surface area contributed by atoms with Gasteiger partial charge in [0.2, 0.25) is 0 Å². The summed E-state index contributed by atoms with van der Waals surface area (Å²) in [4.78, 5) is 34.4. The molecule has 0 radical (unpaired) electrons. The van der Waals surface area contributed by atoms with Crippen LogP contribution in [0.15, 0.2) is 30.3 Å². The molecule has 0 saturated carbocycles. The summed E-state index contributed by atoms with van der Waals surface area (Å²) in [5.41, 5.74) is 6.03. The number of nitrogens with one attached hydrogen (secondary N) is 3. The van der Waals surface area contributed by atoms with Crippen molar-refractivity contribution in [3.05, 3.63) is 56.6 Å². The summed E-state index contributed by atoms with van der Waals surface area (Å²) in [6, 6.07) is 6.33. The highest BCUT2D eigenvalue weighted by Crippen LogP contribution is 2.29. The van der Waals surface area contributed by atoms with Crippen LogP contribution in [0.4, 0.5) is 16.2 Å². The fraction of sp³-hybridized carbons (Fsp3) is 0.263. The molecule has 0 aromatic heterocycles. The zero-order valence-electron chi connectivity index (χ0n) is 16.7. The number of nitrogens with zero attached hydrogens (tertiary/aromatic N) is 1. The lowest BCUT2D eigenvalue weighted by Gasteiger charge is -2.17. The molecule has 0 fully saturated rings. The fourth-order valence-electron chi connectivity index (χ4n) is 2.50. The Hall–Kier alpha value is -3.53. The Morgan fingerprint density at radius 2 is 1.77 bits per heavy atom. The van der Waals surface area contributed by atoms with E-state index in [4.69, 9.17) is 21.1 Å². The highest BCUT2D eigenvalue weighted by atomic mass is 35.5. The number of hydrogen-bond acceptors (Lipinski definition) is 6. The Labute approximate surface area is 177 Å². The first-order valence-corrected chi connectivity index (χ1v) is 9.12. The van der Waals surface area contributed by atoms with E-state index in [2.05, 4.69) is 16.2 Å². The van der Waals surface area contributed by atoms with Gasteiger partial charge in [-0.15, -0.1) is 0 Å². The minimum Gasteiger partial charge on any atom is -0.494 e. The molecule has 0 bridgehead atoms. The van der Waals surface area contributed by atoms with Gasteiger partial charge in [-0.3, -0.25) is 20.3 Å². The highest BCUT2D eigenvalue weighted by molar-refractivity contribution is 6.32. The number of nitro groups is 1. The Morgan fingerprint density at radius 3 is 2.33 bits per heavy atom. The van der Waals surface area contributed by atoms with Gasteiger partial charge in [-0.2, -0.15) is 0 Å². The zero-order valence-corrected chi connectivity index (χ0v) is 17.5. The maximum atomic E-state index is 12.2. The van der Waals surface area contributed by atoms with E-state index in [9.17, 15) is 19.7 Å². The third-order valence-electron chi connectivity index (χ3n) is 4.04. The number of nitro benzene ring substituents is 1. The number of hydrogen-bond donors (Lipinski definition) is 3. The van der Waals surface area contributed by atoms with E-state index in [0.29, 0.717) is 10.8 Å². The van der Waals surface area contributed by atoms with E-state index in [1.54, 1.807) is 12.1 Å². The molecule has 1 atom stereocenters. The van der Waals surface area contributed by atoms with Gasteiger partial charge in [-0.05, 0) is 50.1 Å². The molecule has 3 amide bonds. The van der Waals surface area contributed by atoms with Gasteiger partial charge in [0.1, 0.15) is 11.5 Å². The third-order valence-corrected chi connectivity index (χ3v) is 4.63. The van der Waals surface area contributed by atoms with Crippen molar-refractivity contribution in [1.82, 2.24) is 10.9 Å². The van der Waals surface area contributed by atoms with Gasteiger partial charge in [0, 0.05) is 11.1 Å². The maximum Gasteiger partial charge on any atom is 0.338 e. The lowest BCUT2D eigenvalue weighted by Crippen LogP contribution is -2.48. The second-order valence-corrected chi connectivity index (χ2v) is 6.72. The van der Waals surface area contributed by atoms with Crippen molar-refractivity contribution in [3.63, 3.8) is 0 Å². The first-order chi connectivity index (χ1) is 14.1. The summed E-state index contributed by atoms with van der Waals surface area (Å²) in [5, 5.41) is 13.9. The van der Waals surface area contributed by atoms with Crippen LogP contribution in [0.3, 0.4) is 0 Å². The molecule has 0 spiro atoms. The van der Waals surface area contributed by atoms with Crippen LogP contribution in [0.1, 0.15) is 18.1 Å². The molecular weight excluding hydrogens is 416 g/mol. The van der Waals surface area contributed by atoms with Crippen LogP contribution >= 0.6 is 11.6 Å². The molecular formula is C19H21ClN4O6. The average Bonchev–Trinajstić information content (AvgIpc) is 2.70. The number of methoxy groups -OCH3 is 1. The molecule has 2 aromatic rings. The minimum atomic E-state index is -0.904. The normalized spacial score (nSPS) is 11.2. The van der Waals surface area contributed by atoms with E-state index in [0.717, 1.165) is 11.1 Å². The minimum absolute atomic E-state index is 0.0934. The summed E-state index contributed by atoms with van der Waals surface area (Å²) in [5.74, 6) is -0.0287. The van der Waals surface area contributed by atoms with Crippen molar-refractivity contribution < 1.29 is 24.0 Å². The molecule has 30 heavy (non-hydrogen) atoms. The van der Waals surface area contributed by atoms with Gasteiger partial charge in [0.05, 0.1) is 23.8 Å². The van der Waals surface area contributed by atoms with Crippen molar-refractivity contribution in [2.45, 2.75) is 26.9 Å². The number of rotatable bonds is 6. The molecule has 3 N–H and O–H groups in total. The molecule has 11 heteroatoms. The summed E-state index contributed by atoms with van der Waals surface area (Å²) < 4.78 is 10.6. The van der Waals surface area contributed by atoms with Gasteiger partial charge < -0.3 is 14.8 Å². The van der Waals surface area contributed by atoms with Crippen LogP contribution < -0.4 is 25.6 Å². The summed E-state index contributed by atoms with van der Waals surface area (Å²) in [6.07, 6.45) is -0.904. The molecule has 160 valence electrons. The molecule has 0 aliphatic heterocycles. The van der Waals surface area contributed by atoms with E-state index < -0.39 is 23.0 Å². The number of hydrazine groups is 1. The van der Waals surface area contributed by atoms with Gasteiger partial charge in [0.25, 0.3) is 11.6 Å². The standard InChI is InChI=1S/C19H21ClN4O6/c1-10-7-14(8-11(2)17(10)20)30-12(3)18(25)22-23-19(26)21-15-6-5-13(24(27)28)9-16(15)29-4/h5-9,12H,1-4H3,(H,22,25)(H2,21,23,26)/t12-/m1/s1. The molecule has 0 saturated heterocycles. The molecule has 0 unspecified atom stereocenters. The molecule has 0 heterocycles. The number of urea groups is 1. The number of aryl methyl sites for hydroxylation is 2. The summed E-state index contributed by atoms with van der Waals surface area (Å²) in [6.45, 7) is 5.17. The first-order valence-electron chi connectivity index (χ1n) is 8.75. The monoisotopic (exact) mass is 436 g/mol. The predicted octanol–water partition coefficient (Wildman–Crippen LogP) is 3.49. The molecule has 0 aliphatic rings. The molecule has 2 rings (SSSR count). The largest absolute Gasteiger partial charge is 0.494 e. The number of non-ortho nitro benzene ring substituents is 1. The Morgan fingerprint density at radius 1 is 1.13 bits per heavy atom. The number of benzene rings is 2. The average molecular weight is 437 g/mol. The van der Waals surface area contributed by atoms with E-state index in [1.807, 2.05) is 13.8 Å². The predicted molar refractivity (Wildman–Crippen MR) is 111 cm³/mol. The number of amides is 3. The third kappa shape index (κ3) is 5.74. The molecule has 2 aromatic carbocycles. The van der Waals surface area contributed by atoms with Crippen molar-refractivity contribution >= 4 is 34.9 Å². The van der Waals surface area contributed by atoms with Crippen molar-refractivity contribution in [2.24, 2.45) is 0 Å². The lowest BCUT2D eigenvalue weighted by molar-refractivity contribution is -0.384. The van der Waals surface area contributed by atoms with Crippen LogP contribution in [0.2, 0.25) is 5.02 Å². The van der Waals surface area contributed by atoms with Gasteiger partial charge in [-0.25, -0.2) is 10.2 Å². The Balaban J connectivity index is 1.93. The lowest BCUT2D eigenvalue weighted by atomic mass is 10.1. The zero-order chi connectivity index (χ0) is 22.4. The SMILES string of the molecule is COc1cc([N+](=O)[O-])ccc1NC(=O)NNC(=O)[C@@H](C)Oc1cc(C)c(Cl)c(C)c1. The Bertz CT molecular complexity index is 958. The van der Waals surface area contributed by atoms with Crippen LogP contribution in [-0.2, 0) is 4.79 Å². The second-order valence-electron chi connectivity index (χ2n) is 6.34. The van der Waals surface area contributed by atoms with Crippen LogP contribution in [-0.4, -0.2) is 30.1 Å². The summed E-state index contributed by atoms with van der Waals surface area (Å²) >= 11 is 6.11. The van der Waals surface area contributed by atoms with Crippen molar-refractivity contribution in [1.29, 1.82) is 0 Å². The fourth-order valence-corrected chi connectivity index (χ4v) is 2.61. The number of carbonyl (C=O) groups is 2. The smallest absolute Gasteiger partial charge is 0.338 e. The van der Waals surface area contributed by atoms with E-state index in [-0.39, 0.29) is 17.1 Å². The van der Waals surface area contributed by atoms with Gasteiger partial charge in [0.15, 0.2) is 6.10 Å².